The van der Waals surface area contributed by atoms with E-state index in [1.54, 1.807) is 32.4 Å². The van der Waals surface area contributed by atoms with Crippen LogP contribution in [0.1, 0.15) is 12.5 Å². The Balaban J connectivity index is 2.12. The fourth-order valence-corrected chi connectivity index (χ4v) is 2.25. The molecular weight excluding hydrogens is 336 g/mol. The van der Waals surface area contributed by atoms with Crippen LogP contribution in [0.5, 0.6) is 11.5 Å². The number of nitro benzene ring substituents is 1. The number of guanidine groups is 1. The molecule has 8 nitrogen and oxygen atoms in total. The Labute approximate surface area is 152 Å². The molecule has 0 aliphatic carbocycles. The van der Waals surface area contributed by atoms with Gasteiger partial charge in [-0.2, -0.15) is 0 Å². The van der Waals surface area contributed by atoms with Crippen molar-refractivity contribution in [2.75, 3.05) is 26.1 Å². The molecule has 0 saturated carbocycles. The topological polar surface area (TPSA) is 98.0 Å². The Hall–Kier alpha value is -3.29. The van der Waals surface area contributed by atoms with Gasteiger partial charge in [0.25, 0.3) is 5.69 Å². The van der Waals surface area contributed by atoms with Gasteiger partial charge in [-0.1, -0.05) is 12.1 Å². The van der Waals surface area contributed by atoms with E-state index in [1.165, 1.54) is 12.1 Å². The molecule has 0 unspecified atom stereocenters. The van der Waals surface area contributed by atoms with E-state index in [-0.39, 0.29) is 5.69 Å². The number of nitrogens with one attached hydrogen (secondary N) is 2. The number of methoxy groups -OCH3 is 2. The fourth-order valence-electron chi connectivity index (χ4n) is 2.25. The van der Waals surface area contributed by atoms with Crippen molar-refractivity contribution in [1.82, 2.24) is 5.32 Å². The number of aliphatic imine (C=N–C) groups is 1. The highest BCUT2D eigenvalue weighted by Crippen LogP contribution is 2.29. The van der Waals surface area contributed by atoms with Gasteiger partial charge in [-0.05, 0) is 24.6 Å². The first-order valence-electron chi connectivity index (χ1n) is 8.08. The summed E-state index contributed by atoms with van der Waals surface area (Å²) in [6.45, 7) is 3.05. The van der Waals surface area contributed by atoms with Gasteiger partial charge in [-0.25, -0.2) is 4.99 Å². The van der Waals surface area contributed by atoms with Gasteiger partial charge in [0.05, 0.1) is 25.7 Å². The van der Waals surface area contributed by atoms with Crippen LogP contribution in [0.2, 0.25) is 0 Å². The quantitative estimate of drug-likeness (QED) is 0.341. The van der Waals surface area contributed by atoms with Gasteiger partial charge >= 0.3 is 0 Å². The number of nitrogens with zero attached hydrogens (tertiary/aromatic N) is 2. The largest absolute Gasteiger partial charge is 0.493 e. The lowest BCUT2D eigenvalue weighted by Crippen LogP contribution is -2.30. The Kier molecular flexibility index (Phi) is 6.78. The number of hydrogen-bond acceptors (Lipinski definition) is 5. The average Bonchev–Trinajstić information content (AvgIpc) is 2.66. The highest BCUT2D eigenvalue weighted by atomic mass is 16.6. The summed E-state index contributed by atoms with van der Waals surface area (Å²) in [5, 5.41) is 17.1. The van der Waals surface area contributed by atoms with Gasteiger partial charge in [0.15, 0.2) is 17.5 Å². The lowest BCUT2D eigenvalue weighted by atomic mass is 10.2. The van der Waals surface area contributed by atoms with Crippen molar-refractivity contribution in [3.63, 3.8) is 0 Å². The molecule has 0 aliphatic heterocycles. The molecule has 8 heteroatoms. The first-order valence-corrected chi connectivity index (χ1v) is 8.08. The van der Waals surface area contributed by atoms with Crippen LogP contribution in [0.4, 0.5) is 11.4 Å². The van der Waals surface area contributed by atoms with Crippen molar-refractivity contribution in [1.29, 1.82) is 0 Å². The van der Waals surface area contributed by atoms with E-state index in [9.17, 15) is 10.1 Å². The number of rotatable bonds is 7. The monoisotopic (exact) mass is 358 g/mol. The molecule has 2 rings (SSSR count). The van der Waals surface area contributed by atoms with Crippen LogP contribution in [0.25, 0.3) is 0 Å². The molecule has 2 aromatic rings. The molecule has 0 heterocycles. The zero-order chi connectivity index (χ0) is 18.9. The van der Waals surface area contributed by atoms with Gasteiger partial charge in [0, 0.05) is 30.4 Å². The second kappa shape index (κ2) is 9.26. The Bertz CT molecular complexity index is 775. The molecule has 0 atom stereocenters. The molecular formula is C18H22N4O4. The number of nitro groups is 1. The first kappa shape index (κ1) is 19.0. The summed E-state index contributed by atoms with van der Waals surface area (Å²) in [7, 11) is 3.16. The summed E-state index contributed by atoms with van der Waals surface area (Å²) < 4.78 is 10.5. The molecule has 26 heavy (non-hydrogen) atoms. The zero-order valence-electron chi connectivity index (χ0n) is 15.0. The maximum atomic E-state index is 10.7. The zero-order valence-corrected chi connectivity index (χ0v) is 15.0. The molecule has 0 aliphatic rings. The minimum Gasteiger partial charge on any atom is -0.493 e. The van der Waals surface area contributed by atoms with Crippen LogP contribution in [0.15, 0.2) is 47.5 Å². The first-order chi connectivity index (χ1) is 12.6. The third-order valence-electron chi connectivity index (χ3n) is 3.56. The third-order valence-corrected chi connectivity index (χ3v) is 3.56. The van der Waals surface area contributed by atoms with Crippen LogP contribution in [-0.4, -0.2) is 31.6 Å². The Morgan fingerprint density at radius 3 is 2.38 bits per heavy atom. The Morgan fingerprint density at radius 1 is 1.12 bits per heavy atom. The summed E-state index contributed by atoms with van der Waals surface area (Å²) in [6.07, 6.45) is 0. The van der Waals surface area contributed by atoms with Crippen molar-refractivity contribution in [2.24, 2.45) is 4.99 Å². The second-order valence-electron chi connectivity index (χ2n) is 5.31. The number of non-ortho nitro benzene ring substituents is 1. The van der Waals surface area contributed by atoms with Crippen molar-refractivity contribution < 1.29 is 14.4 Å². The third kappa shape index (κ3) is 5.10. The summed E-state index contributed by atoms with van der Waals surface area (Å²) in [5.41, 5.74) is 1.74. The molecule has 0 radical (unpaired) electrons. The fraction of sp³-hybridized carbons (Fsp3) is 0.278. The van der Waals surface area contributed by atoms with Gasteiger partial charge in [-0.15, -0.1) is 0 Å². The van der Waals surface area contributed by atoms with E-state index in [0.29, 0.717) is 30.5 Å². The lowest BCUT2D eigenvalue weighted by molar-refractivity contribution is -0.384. The van der Waals surface area contributed by atoms with Crippen molar-refractivity contribution in [3.05, 3.63) is 58.1 Å². The molecule has 0 saturated heterocycles. The molecule has 2 N–H and O–H groups in total. The molecule has 0 fully saturated rings. The number of anilines is 1. The SMILES string of the molecule is CCNC(=NCc1ccc([N+](=O)[O-])cc1)Nc1ccc(OC)c(OC)c1. The van der Waals surface area contributed by atoms with E-state index in [1.807, 2.05) is 19.1 Å². The van der Waals surface area contributed by atoms with Gasteiger partial charge in [-0.3, -0.25) is 10.1 Å². The second-order valence-corrected chi connectivity index (χ2v) is 5.31. The molecule has 0 amide bonds. The minimum absolute atomic E-state index is 0.0630. The van der Waals surface area contributed by atoms with Crippen LogP contribution >= 0.6 is 0 Å². The highest BCUT2D eigenvalue weighted by Gasteiger charge is 2.07. The molecule has 0 bridgehead atoms. The van der Waals surface area contributed by atoms with Crippen molar-refractivity contribution >= 4 is 17.3 Å². The number of ether oxygens (including phenoxy) is 2. The van der Waals surface area contributed by atoms with Crippen LogP contribution < -0.4 is 20.1 Å². The van der Waals surface area contributed by atoms with Gasteiger partial charge in [0.2, 0.25) is 0 Å². The lowest BCUT2D eigenvalue weighted by Gasteiger charge is -2.13. The molecule has 2 aromatic carbocycles. The minimum atomic E-state index is -0.421. The Morgan fingerprint density at radius 2 is 1.81 bits per heavy atom. The predicted molar refractivity (Wildman–Crippen MR) is 101 cm³/mol. The summed E-state index contributed by atoms with van der Waals surface area (Å²) in [5.74, 6) is 1.85. The standard InChI is InChI=1S/C18H22N4O4/c1-4-19-18(20-12-13-5-8-15(9-6-13)22(23)24)21-14-7-10-16(25-2)17(11-14)26-3/h5-11H,4,12H2,1-3H3,(H2,19,20,21). The van der Waals surface area contributed by atoms with Crippen molar-refractivity contribution in [2.45, 2.75) is 13.5 Å². The molecule has 0 aromatic heterocycles. The number of hydrogen-bond donors (Lipinski definition) is 2. The normalized spacial score (nSPS) is 11.0. The predicted octanol–water partition coefficient (Wildman–Crippen LogP) is 3.19. The van der Waals surface area contributed by atoms with E-state index in [0.717, 1.165) is 11.3 Å². The smallest absolute Gasteiger partial charge is 0.269 e. The van der Waals surface area contributed by atoms with Gasteiger partial charge in [0.1, 0.15) is 0 Å². The summed E-state index contributed by atoms with van der Waals surface area (Å²) >= 11 is 0. The summed E-state index contributed by atoms with van der Waals surface area (Å²) in [4.78, 5) is 14.8. The van der Waals surface area contributed by atoms with E-state index in [2.05, 4.69) is 15.6 Å². The van der Waals surface area contributed by atoms with Crippen LogP contribution in [0, 0.1) is 10.1 Å². The molecule has 0 spiro atoms. The van der Waals surface area contributed by atoms with E-state index >= 15 is 0 Å². The number of benzene rings is 2. The van der Waals surface area contributed by atoms with Gasteiger partial charge < -0.3 is 20.1 Å². The van der Waals surface area contributed by atoms with Crippen molar-refractivity contribution in [3.8, 4) is 11.5 Å². The maximum absolute atomic E-state index is 10.7. The van der Waals surface area contributed by atoms with E-state index < -0.39 is 4.92 Å². The maximum Gasteiger partial charge on any atom is 0.269 e. The van der Waals surface area contributed by atoms with E-state index in [4.69, 9.17) is 9.47 Å². The average molecular weight is 358 g/mol. The highest BCUT2D eigenvalue weighted by molar-refractivity contribution is 5.93. The summed E-state index contributed by atoms with van der Waals surface area (Å²) in [6, 6.07) is 11.8. The molecule has 138 valence electrons. The van der Waals surface area contributed by atoms with Crippen LogP contribution in [-0.2, 0) is 6.54 Å². The van der Waals surface area contributed by atoms with Crippen LogP contribution in [0.3, 0.4) is 0 Å².